The minimum atomic E-state index is -1.12. The van der Waals surface area contributed by atoms with Crippen molar-refractivity contribution in [1.29, 1.82) is 0 Å². The highest BCUT2D eigenvalue weighted by Gasteiger charge is 2.36. The summed E-state index contributed by atoms with van der Waals surface area (Å²) in [7, 11) is 0. The highest BCUT2D eigenvalue weighted by molar-refractivity contribution is 5.79. The van der Waals surface area contributed by atoms with Crippen molar-refractivity contribution in [2.75, 3.05) is 19.7 Å². The predicted molar refractivity (Wildman–Crippen MR) is 117 cm³/mol. The number of hydrogen-bond donors (Lipinski definition) is 2. The molecular formula is C22H44N2O6. The zero-order valence-corrected chi connectivity index (χ0v) is 20.3. The summed E-state index contributed by atoms with van der Waals surface area (Å²) in [6.45, 7) is 15.5. The smallest absolute Gasteiger partial charge is 0.458 e. The Bertz CT molecular complexity index is 544. The van der Waals surface area contributed by atoms with Crippen LogP contribution in [0, 0.1) is 0 Å². The maximum Gasteiger partial charge on any atom is 0.509 e. The van der Waals surface area contributed by atoms with Crippen molar-refractivity contribution in [3.05, 3.63) is 0 Å². The number of nitrogens with two attached hydrogens (primary N) is 2. The average molecular weight is 433 g/mol. The van der Waals surface area contributed by atoms with E-state index in [4.69, 9.17) is 30.4 Å². The molecule has 0 aliphatic rings. The predicted octanol–water partition coefficient (Wildman–Crippen LogP) is 3.68. The van der Waals surface area contributed by atoms with Gasteiger partial charge in [-0.05, 0) is 94.2 Å². The summed E-state index contributed by atoms with van der Waals surface area (Å²) in [5, 5.41) is 0. The van der Waals surface area contributed by atoms with Crippen LogP contribution in [0.25, 0.3) is 0 Å². The largest absolute Gasteiger partial charge is 0.509 e. The molecule has 0 rings (SSSR count). The van der Waals surface area contributed by atoms with Crippen molar-refractivity contribution in [1.82, 2.24) is 0 Å². The molecule has 30 heavy (non-hydrogen) atoms. The lowest BCUT2D eigenvalue weighted by molar-refractivity contribution is -0.183. The molecule has 0 fully saturated rings. The van der Waals surface area contributed by atoms with Gasteiger partial charge >= 0.3 is 12.1 Å². The first-order chi connectivity index (χ1) is 13.6. The Balaban J connectivity index is 4.58. The van der Waals surface area contributed by atoms with Gasteiger partial charge in [0.1, 0.15) is 16.8 Å². The Morgan fingerprint density at radius 3 is 1.50 bits per heavy atom. The van der Waals surface area contributed by atoms with Crippen LogP contribution in [0.4, 0.5) is 4.79 Å². The molecule has 0 amide bonds. The Morgan fingerprint density at radius 2 is 1.07 bits per heavy atom. The van der Waals surface area contributed by atoms with Gasteiger partial charge in [-0.3, -0.25) is 0 Å². The van der Waals surface area contributed by atoms with Crippen LogP contribution in [-0.4, -0.2) is 54.2 Å². The standard InChI is InChI=1S/C22H44N2O6/c1-19(2,11-9-14-23)28-17(25)22(7,8)27-16-13-21(5,6)30-18(26)29-20(3,4)12-10-15-24/h9-16,23-24H2,1-8H3. The molecule has 0 spiro atoms. The van der Waals surface area contributed by atoms with Gasteiger partial charge in [-0.1, -0.05) is 0 Å². The molecule has 0 unspecified atom stereocenters. The van der Waals surface area contributed by atoms with Crippen molar-refractivity contribution < 1.29 is 28.5 Å². The summed E-state index contributed by atoms with van der Waals surface area (Å²) in [4.78, 5) is 24.7. The molecule has 0 radical (unpaired) electrons. The molecule has 0 aromatic heterocycles. The highest BCUT2D eigenvalue weighted by atomic mass is 16.7. The normalized spacial score (nSPS) is 13.1. The third-order valence-electron chi connectivity index (χ3n) is 4.71. The minimum Gasteiger partial charge on any atom is -0.458 e. The fourth-order valence-electron chi connectivity index (χ4n) is 2.67. The summed E-state index contributed by atoms with van der Waals surface area (Å²) >= 11 is 0. The monoisotopic (exact) mass is 432 g/mol. The minimum absolute atomic E-state index is 0.210. The summed E-state index contributed by atoms with van der Waals surface area (Å²) in [6, 6.07) is 0. The average Bonchev–Trinajstić information content (AvgIpc) is 2.56. The Hall–Kier alpha value is -1.38. The first-order valence-electron chi connectivity index (χ1n) is 10.8. The number of carbonyl (C=O) groups is 2. The molecule has 0 aromatic rings. The number of esters is 1. The lowest BCUT2D eigenvalue weighted by Gasteiger charge is -2.32. The van der Waals surface area contributed by atoms with Crippen molar-refractivity contribution in [2.45, 2.75) is 110 Å². The van der Waals surface area contributed by atoms with Crippen molar-refractivity contribution in [2.24, 2.45) is 11.5 Å². The number of carbonyl (C=O) groups excluding carboxylic acids is 2. The van der Waals surface area contributed by atoms with E-state index in [1.807, 2.05) is 27.7 Å². The van der Waals surface area contributed by atoms with E-state index in [9.17, 15) is 9.59 Å². The van der Waals surface area contributed by atoms with Crippen molar-refractivity contribution in [3.8, 4) is 0 Å². The van der Waals surface area contributed by atoms with Crippen LogP contribution in [0.3, 0.4) is 0 Å². The Morgan fingerprint density at radius 1 is 0.667 bits per heavy atom. The number of ether oxygens (including phenoxy) is 4. The molecule has 0 saturated heterocycles. The lowest BCUT2D eigenvalue weighted by atomic mass is 10.0. The van der Waals surface area contributed by atoms with E-state index in [-0.39, 0.29) is 6.61 Å². The first kappa shape index (κ1) is 28.6. The second-order valence-electron chi connectivity index (χ2n) is 10.0. The van der Waals surface area contributed by atoms with Gasteiger partial charge in [0.05, 0.1) is 6.61 Å². The van der Waals surface area contributed by atoms with Crippen LogP contribution >= 0.6 is 0 Å². The van der Waals surface area contributed by atoms with E-state index in [0.717, 1.165) is 12.8 Å². The van der Waals surface area contributed by atoms with Crippen molar-refractivity contribution in [3.63, 3.8) is 0 Å². The molecule has 0 aromatic carbocycles. The number of hydrogen-bond acceptors (Lipinski definition) is 8. The van der Waals surface area contributed by atoms with Gasteiger partial charge in [0.15, 0.2) is 5.60 Å². The van der Waals surface area contributed by atoms with Crippen LogP contribution in [0.1, 0.15) is 87.5 Å². The maximum atomic E-state index is 12.5. The van der Waals surface area contributed by atoms with Gasteiger partial charge in [-0.25, -0.2) is 9.59 Å². The molecule has 0 atom stereocenters. The Labute approximate surface area is 182 Å². The second-order valence-corrected chi connectivity index (χ2v) is 10.0. The molecular weight excluding hydrogens is 388 g/mol. The van der Waals surface area contributed by atoms with E-state index >= 15 is 0 Å². The van der Waals surface area contributed by atoms with Crippen LogP contribution in [-0.2, 0) is 23.7 Å². The zero-order chi connectivity index (χ0) is 23.6. The maximum absolute atomic E-state index is 12.5. The fraction of sp³-hybridized carbons (Fsp3) is 0.909. The first-order valence-corrected chi connectivity index (χ1v) is 10.8. The second kappa shape index (κ2) is 11.9. The molecule has 0 saturated carbocycles. The summed E-state index contributed by atoms with van der Waals surface area (Å²) in [5.74, 6) is -0.440. The molecule has 0 bridgehead atoms. The highest BCUT2D eigenvalue weighted by Crippen LogP contribution is 2.24. The van der Waals surface area contributed by atoms with Gasteiger partial charge < -0.3 is 30.4 Å². The van der Waals surface area contributed by atoms with Gasteiger partial charge in [0.2, 0.25) is 0 Å². The van der Waals surface area contributed by atoms with E-state index in [0.29, 0.717) is 32.4 Å². The summed E-state index contributed by atoms with van der Waals surface area (Å²) < 4.78 is 22.2. The van der Waals surface area contributed by atoms with Crippen molar-refractivity contribution >= 4 is 12.1 Å². The van der Waals surface area contributed by atoms with E-state index < -0.39 is 34.5 Å². The molecule has 0 aliphatic carbocycles. The molecule has 178 valence electrons. The third-order valence-corrected chi connectivity index (χ3v) is 4.71. The molecule has 8 nitrogen and oxygen atoms in total. The van der Waals surface area contributed by atoms with E-state index in [2.05, 4.69) is 0 Å². The summed E-state index contributed by atoms with van der Waals surface area (Å²) in [6.07, 6.45) is 2.51. The quantitative estimate of drug-likeness (QED) is 0.398. The SMILES string of the molecule is CC(C)(CCCN)OC(=O)OC(C)(C)CCOC(C)(C)C(=O)OC(C)(C)CCCN. The van der Waals surface area contributed by atoms with Gasteiger partial charge in [-0.2, -0.15) is 0 Å². The van der Waals surface area contributed by atoms with Crippen LogP contribution < -0.4 is 11.5 Å². The third kappa shape index (κ3) is 12.3. The molecule has 0 heterocycles. The van der Waals surface area contributed by atoms with Crippen LogP contribution in [0.2, 0.25) is 0 Å². The topological polar surface area (TPSA) is 123 Å². The zero-order valence-electron chi connectivity index (χ0n) is 20.3. The van der Waals surface area contributed by atoms with E-state index in [1.54, 1.807) is 27.7 Å². The fourth-order valence-corrected chi connectivity index (χ4v) is 2.67. The molecule has 4 N–H and O–H groups in total. The molecule has 8 heteroatoms. The lowest BCUT2D eigenvalue weighted by Crippen LogP contribution is -2.43. The Kier molecular flexibility index (Phi) is 11.3. The summed E-state index contributed by atoms with van der Waals surface area (Å²) in [5.41, 5.74) is 7.84. The van der Waals surface area contributed by atoms with Crippen LogP contribution in [0.5, 0.6) is 0 Å². The molecule has 0 aliphatic heterocycles. The van der Waals surface area contributed by atoms with Gasteiger partial charge in [0, 0.05) is 6.42 Å². The van der Waals surface area contributed by atoms with Gasteiger partial charge in [-0.15, -0.1) is 0 Å². The van der Waals surface area contributed by atoms with E-state index in [1.165, 1.54) is 0 Å². The van der Waals surface area contributed by atoms with Crippen LogP contribution in [0.15, 0.2) is 0 Å². The number of rotatable bonds is 14. The van der Waals surface area contributed by atoms with Gasteiger partial charge in [0.25, 0.3) is 0 Å².